The Morgan fingerprint density at radius 1 is 1.28 bits per heavy atom. The molecule has 0 fully saturated rings. The Morgan fingerprint density at radius 2 is 2.16 bits per heavy atom. The van der Waals surface area contributed by atoms with E-state index in [-0.39, 0.29) is 5.91 Å². The first-order chi connectivity index (χ1) is 12.2. The van der Waals surface area contributed by atoms with E-state index in [0.717, 1.165) is 33.8 Å². The molecular formula is C16H18N6OS2. The van der Waals surface area contributed by atoms with Crippen LogP contribution < -0.4 is 10.6 Å². The summed E-state index contributed by atoms with van der Waals surface area (Å²) in [5.41, 5.74) is 2.44. The first-order valence-corrected chi connectivity index (χ1v) is 9.57. The molecule has 0 aliphatic rings. The second-order valence-corrected chi connectivity index (χ2v) is 7.06. The first kappa shape index (κ1) is 17.4. The number of amides is 1. The summed E-state index contributed by atoms with van der Waals surface area (Å²) in [7, 11) is 0. The van der Waals surface area contributed by atoms with Crippen LogP contribution in [0.4, 0.5) is 5.13 Å². The van der Waals surface area contributed by atoms with Gasteiger partial charge in [0.1, 0.15) is 15.6 Å². The number of hydrogen-bond donors (Lipinski definition) is 2. The molecular weight excluding hydrogens is 356 g/mol. The molecule has 25 heavy (non-hydrogen) atoms. The number of aryl methyl sites for hydroxylation is 1. The Balaban J connectivity index is 1.54. The van der Waals surface area contributed by atoms with E-state index in [1.807, 2.05) is 19.2 Å². The molecule has 3 heterocycles. The van der Waals surface area contributed by atoms with Gasteiger partial charge in [-0.25, -0.2) is 9.97 Å². The van der Waals surface area contributed by atoms with Crippen LogP contribution >= 0.6 is 22.7 Å². The lowest BCUT2D eigenvalue weighted by molar-refractivity contribution is 0.0957. The van der Waals surface area contributed by atoms with Gasteiger partial charge < -0.3 is 10.6 Å². The standard InChI is InChI=1S/C16H18N6OS2/c1-3-18-16-21-10(2)13(25-16)14(23)20-5-4-11-9-24-15(22-11)12-8-17-6-7-19-12/h6-9H,3-5H2,1-2H3,(H,18,21)(H,20,23). The second kappa shape index (κ2) is 8.13. The molecule has 2 N–H and O–H groups in total. The molecule has 0 aromatic carbocycles. The summed E-state index contributed by atoms with van der Waals surface area (Å²) in [5.74, 6) is -0.0940. The van der Waals surface area contributed by atoms with E-state index >= 15 is 0 Å². The first-order valence-electron chi connectivity index (χ1n) is 7.87. The van der Waals surface area contributed by atoms with Gasteiger partial charge in [0, 0.05) is 37.3 Å². The average Bonchev–Trinajstić information content (AvgIpc) is 3.23. The van der Waals surface area contributed by atoms with Gasteiger partial charge in [-0.2, -0.15) is 0 Å². The highest BCUT2D eigenvalue weighted by atomic mass is 32.1. The Hall–Kier alpha value is -2.39. The van der Waals surface area contributed by atoms with Gasteiger partial charge in [-0.3, -0.25) is 14.8 Å². The number of anilines is 1. The van der Waals surface area contributed by atoms with Gasteiger partial charge in [0.2, 0.25) is 0 Å². The Bertz CT molecular complexity index is 845. The lowest BCUT2D eigenvalue weighted by Crippen LogP contribution is -2.25. The predicted octanol–water partition coefficient (Wildman–Crippen LogP) is 2.77. The Labute approximate surface area is 153 Å². The number of aromatic nitrogens is 4. The summed E-state index contributed by atoms with van der Waals surface area (Å²) in [6, 6.07) is 0. The van der Waals surface area contributed by atoms with E-state index in [0.29, 0.717) is 17.8 Å². The molecule has 9 heteroatoms. The van der Waals surface area contributed by atoms with E-state index in [1.54, 1.807) is 18.6 Å². The Kier molecular flexibility index (Phi) is 5.67. The van der Waals surface area contributed by atoms with Crippen LogP contribution in [0, 0.1) is 6.92 Å². The van der Waals surface area contributed by atoms with E-state index in [2.05, 4.69) is 30.6 Å². The monoisotopic (exact) mass is 374 g/mol. The van der Waals surface area contributed by atoms with Crippen LogP contribution in [-0.2, 0) is 6.42 Å². The van der Waals surface area contributed by atoms with Crippen molar-refractivity contribution in [2.75, 3.05) is 18.4 Å². The molecule has 1 amide bonds. The SMILES string of the molecule is CCNc1nc(C)c(C(=O)NCCc2csc(-c3cnccn3)n2)s1. The molecule has 0 aliphatic heterocycles. The zero-order chi connectivity index (χ0) is 17.6. The molecule has 3 aromatic heterocycles. The summed E-state index contributed by atoms with van der Waals surface area (Å²) in [6.45, 7) is 5.15. The van der Waals surface area contributed by atoms with Crippen LogP contribution in [0.15, 0.2) is 24.0 Å². The summed E-state index contributed by atoms with van der Waals surface area (Å²) in [4.78, 5) is 30.1. The number of nitrogens with zero attached hydrogens (tertiary/aromatic N) is 4. The average molecular weight is 374 g/mol. The maximum absolute atomic E-state index is 12.3. The molecule has 0 spiro atoms. The van der Waals surface area contributed by atoms with Crippen molar-refractivity contribution in [3.63, 3.8) is 0 Å². The highest BCUT2D eigenvalue weighted by molar-refractivity contribution is 7.17. The molecule has 3 aromatic rings. The molecule has 0 unspecified atom stereocenters. The van der Waals surface area contributed by atoms with E-state index in [4.69, 9.17) is 0 Å². The fraction of sp³-hybridized carbons (Fsp3) is 0.312. The van der Waals surface area contributed by atoms with Crippen molar-refractivity contribution in [3.8, 4) is 10.7 Å². The lowest BCUT2D eigenvalue weighted by Gasteiger charge is -2.02. The molecule has 0 radical (unpaired) electrons. The third-order valence-electron chi connectivity index (χ3n) is 3.33. The molecule has 0 bridgehead atoms. The lowest BCUT2D eigenvalue weighted by atomic mass is 10.3. The van der Waals surface area contributed by atoms with Gasteiger partial charge in [0.25, 0.3) is 5.91 Å². The minimum atomic E-state index is -0.0940. The number of nitrogens with one attached hydrogen (secondary N) is 2. The highest BCUT2D eigenvalue weighted by Gasteiger charge is 2.15. The molecule has 0 saturated carbocycles. The van der Waals surface area contributed by atoms with E-state index in [1.165, 1.54) is 22.7 Å². The minimum Gasteiger partial charge on any atom is -0.362 e. The van der Waals surface area contributed by atoms with Crippen molar-refractivity contribution in [3.05, 3.63) is 40.2 Å². The van der Waals surface area contributed by atoms with Crippen LogP contribution in [0.2, 0.25) is 0 Å². The quantitative estimate of drug-likeness (QED) is 0.661. The van der Waals surface area contributed by atoms with E-state index in [9.17, 15) is 4.79 Å². The molecule has 7 nitrogen and oxygen atoms in total. The van der Waals surface area contributed by atoms with Crippen LogP contribution in [0.5, 0.6) is 0 Å². The topological polar surface area (TPSA) is 92.7 Å². The van der Waals surface area contributed by atoms with Crippen LogP contribution in [0.1, 0.15) is 28.0 Å². The van der Waals surface area contributed by atoms with Gasteiger partial charge in [-0.05, 0) is 13.8 Å². The van der Waals surface area contributed by atoms with Gasteiger partial charge in [0.05, 0.1) is 17.6 Å². The summed E-state index contributed by atoms with van der Waals surface area (Å²) >= 11 is 2.90. The maximum Gasteiger partial charge on any atom is 0.263 e. The fourth-order valence-electron chi connectivity index (χ4n) is 2.17. The minimum absolute atomic E-state index is 0.0940. The van der Waals surface area contributed by atoms with Crippen molar-refractivity contribution >= 4 is 33.7 Å². The fourth-order valence-corrected chi connectivity index (χ4v) is 3.93. The van der Waals surface area contributed by atoms with Crippen molar-refractivity contribution in [2.45, 2.75) is 20.3 Å². The highest BCUT2D eigenvalue weighted by Crippen LogP contribution is 2.23. The van der Waals surface area contributed by atoms with Crippen LogP contribution in [-0.4, -0.2) is 38.9 Å². The third kappa shape index (κ3) is 4.37. The number of thiazole rings is 2. The van der Waals surface area contributed by atoms with Crippen LogP contribution in [0.3, 0.4) is 0 Å². The normalized spacial score (nSPS) is 10.6. The van der Waals surface area contributed by atoms with E-state index < -0.39 is 0 Å². The third-order valence-corrected chi connectivity index (χ3v) is 5.36. The number of carbonyl (C=O) groups excluding carboxylic acids is 1. The largest absolute Gasteiger partial charge is 0.362 e. The van der Waals surface area contributed by atoms with Gasteiger partial charge >= 0.3 is 0 Å². The zero-order valence-corrected chi connectivity index (χ0v) is 15.6. The van der Waals surface area contributed by atoms with Crippen molar-refractivity contribution < 1.29 is 4.79 Å². The maximum atomic E-state index is 12.3. The second-order valence-electron chi connectivity index (χ2n) is 5.20. The molecule has 3 rings (SSSR count). The molecule has 0 atom stereocenters. The Morgan fingerprint density at radius 3 is 2.92 bits per heavy atom. The van der Waals surface area contributed by atoms with Crippen LogP contribution in [0.25, 0.3) is 10.7 Å². The van der Waals surface area contributed by atoms with Gasteiger partial charge in [0.15, 0.2) is 5.13 Å². The number of hydrogen-bond acceptors (Lipinski definition) is 8. The molecule has 0 saturated heterocycles. The number of rotatable bonds is 7. The van der Waals surface area contributed by atoms with Crippen molar-refractivity contribution in [1.29, 1.82) is 0 Å². The predicted molar refractivity (Wildman–Crippen MR) is 100 cm³/mol. The summed E-state index contributed by atoms with van der Waals surface area (Å²) < 4.78 is 0. The van der Waals surface area contributed by atoms with Gasteiger partial charge in [-0.1, -0.05) is 11.3 Å². The summed E-state index contributed by atoms with van der Waals surface area (Å²) in [5, 5.41) is 9.66. The van der Waals surface area contributed by atoms with Crippen molar-refractivity contribution in [1.82, 2.24) is 25.3 Å². The molecule has 0 aliphatic carbocycles. The molecule has 130 valence electrons. The van der Waals surface area contributed by atoms with Crippen molar-refractivity contribution in [2.24, 2.45) is 0 Å². The summed E-state index contributed by atoms with van der Waals surface area (Å²) in [6.07, 6.45) is 5.64. The van der Waals surface area contributed by atoms with Gasteiger partial charge in [-0.15, -0.1) is 11.3 Å². The smallest absolute Gasteiger partial charge is 0.263 e. The number of carbonyl (C=O) groups is 1. The zero-order valence-electron chi connectivity index (χ0n) is 13.9.